The Kier molecular flexibility index (Phi) is 12.4. The van der Waals surface area contributed by atoms with Crippen molar-refractivity contribution in [3.8, 4) is 33.8 Å². The van der Waals surface area contributed by atoms with Crippen molar-refractivity contribution >= 4 is 32.7 Å². The third-order valence-corrected chi connectivity index (χ3v) is 9.22. The molecule has 0 saturated carbocycles. The van der Waals surface area contributed by atoms with Crippen LogP contribution in [0.4, 0.5) is 0 Å². The zero-order chi connectivity index (χ0) is 37.6. The van der Waals surface area contributed by atoms with Gasteiger partial charge in [0.1, 0.15) is 0 Å². The third kappa shape index (κ3) is 9.85. The zero-order valence-electron chi connectivity index (χ0n) is 32.0. The standard InChI is InChI=1S/3C17H14N.Ir/c3*1-12-4-3-5-15(10-12)16-9-8-14-7-6-13(2)11-17(14)18-16;/h3*3-8,10-11H,1-2H3;/q3*-1;. The Hall–Kier alpha value is -5.80. The van der Waals surface area contributed by atoms with E-state index in [-0.39, 0.29) is 20.1 Å². The fraction of sp³-hybridized carbons (Fsp3) is 0.118. The third-order valence-electron chi connectivity index (χ3n) is 9.22. The summed E-state index contributed by atoms with van der Waals surface area (Å²) in [5.74, 6) is 0. The molecule has 55 heavy (non-hydrogen) atoms. The van der Waals surface area contributed by atoms with Gasteiger partial charge in [0.25, 0.3) is 0 Å². The number of aromatic nitrogens is 3. The maximum atomic E-state index is 4.69. The van der Waals surface area contributed by atoms with E-state index in [1.165, 1.54) is 33.4 Å². The number of nitrogens with zero attached hydrogens (tertiary/aromatic N) is 3. The molecule has 0 saturated heterocycles. The average molecular weight is 889 g/mol. The number of hydrogen-bond donors (Lipinski definition) is 0. The minimum atomic E-state index is 0. The summed E-state index contributed by atoms with van der Waals surface area (Å²) >= 11 is 0. The van der Waals surface area contributed by atoms with Crippen molar-refractivity contribution in [3.05, 3.63) is 197 Å². The molecule has 0 atom stereocenters. The Morgan fingerprint density at radius 2 is 0.600 bits per heavy atom. The summed E-state index contributed by atoms with van der Waals surface area (Å²) < 4.78 is 0. The van der Waals surface area contributed by atoms with E-state index in [0.29, 0.717) is 0 Å². The molecule has 0 fully saturated rings. The van der Waals surface area contributed by atoms with Crippen LogP contribution in [0.2, 0.25) is 0 Å². The van der Waals surface area contributed by atoms with Crippen LogP contribution in [-0.2, 0) is 20.1 Å². The Morgan fingerprint density at radius 3 is 0.873 bits per heavy atom. The van der Waals surface area contributed by atoms with Crippen molar-refractivity contribution in [2.24, 2.45) is 0 Å². The van der Waals surface area contributed by atoms with Crippen LogP contribution in [-0.4, -0.2) is 15.0 Å². The first-order valence-electron chi connectivity index (χ1n) is 18.3. The molecule has 0 spiro atoms. The van der Waals surface area contributed by atoms with Gasteiger partial charge in [-0.3, -0.25) is 15.0 Å². The number of hydrogen-bond acceptors (Lipinski definition) is 3. The molecule has 273 valence electrons. The molecule has 3 heterocycles. The second kappa shape index (κ2) is 17.6. The summed E-state index contributed by atoms with van der Waals surface area (Å²) in [5, 5.41) is 3.41. The van der Waals surface area contributed by atoms with Gasteiger partial charge in [0, 0.05) is 36.7 Å². The summed E-state index contributed by atoms with van der Waals surface area (Å²) in [7, 11) is 0. The van der Waals surface area contributed by atoms with Gasteiger partial charge in [-0.1, -0.05) is 121 Å². The number of pyridine rings is 3. The van der Waals surface area contributed by atoms with Gasteiger partial charge in [-0.05, 0) is 76.8 Å². The molecule has 0 aliphatic rings. The molecule has 9 aromatic rings. The summed E-state index contributed by atoms with van der Waals surface area (Å²) in [4.78, 5) is 14.1. The molecule has 3 aromatic heterocycles. The van der Waals surface area contributed by atoms with Crippen molar-refractivity contribution in [2.75, 3.05) is 0 Å². The van der Waals surface area contributed by atoms with Crippen molar-refractivity contribution < 1.29 is 20.1 Å². The minimum Gasteiger partial charge on any atom is -0.288 e. The van der Waals surface area contributed by atoms with Crippen LogP contribution >= 0.6 is 0 Å². The first kappa shape index (κ1) is 38.9. The monoisotopic (exact) mass is 889 g/mol. The second-order valence-electron chi connectivity index (χ2n) is 14.0. The molecule has 3 nitrogen and oxygen atoms in total. The second-order valence-corrected chi connectivity index (χ2v) is 14.0. The zero-order valence-corrected chi connectivity index (χ0v) is 34.4. The van der Waals surface area contributed by atoms with Crippen molar-refractivity contribution in [1.82, 2.24) is 15.0 Å². The SMILES string of the molecule is Cc1cccc(-c2[c-]cc3ccc(C)cc3n2)c1.Cc1cccc(-c2[c-]cc3ccc(C)cc3n2)c1.Cc1cccc(-c2[c-]cc3ccc(C)cc3n2)c1.[Ir]. The van der Waals surface area contributed by atoms with Crippen LogP contribution in [0.25, 0.3) is 66.5 Å². The van der Waals surface area contributed by atoms with Gasteiger partial charge in [-0.15, -0.1) is 54.6 Å². The van der Waals surface area contributed by atoms with Gasteiger partial charge in [0.15, 0.2) is 0 Å². The molecule has 0 N–H and O–H groups in total. The molecule has 9 rings (SSSR count). The number of benzene rings is 6. The molecule has 0 aliphatic heterocycles. The molecular formula is C51H42IrN3-3. The average Bonchev–Trinajstić information content (AvgIpc) is 3.17. The van der Waals surface area contributed by atoms with Gasteiger partial charge in [0.2, 0.25) is 0 Å². The molecule has 0 aliphatic carbocycles. The molecule has 1 radical (unpaired) electrons. The first-order chi connectivity index (χ1) is 26.2. The van der Waals surface area contributed by atoms with E-state index in [2.05, 4.69) is 187 Å². The normalized spacial score (nSPS) is 10.6. The molecule has 0 bridgehead atoms. The predicted molar refractivity (Wildman–Crippen MR) is 226 cm³/mol. The van der Waals surface area contributed by atoms with Crippen LogP contribution in [0.1, 0.15) is 33.4 Å². The van der Waals surface area contributed by atoms with Crippen molar-refractivity contribution in [2.45, 2.75) is 41.5 Å². The summed E-state index contributed by atoms with van der Waals surface area (Å²) in [5.41, 5.74) is 16.6. The van der Waals surface area contributed by atoms with E-state index in [1.54, 1.807) is 0 Å². The van der Waals surface area contributed by atoms with Crippen LogP contribution in [0.5, 0.6) is 0 Å². The molecule has 4 heteroatoms. The minimum absolute atomic E-state index is 0. The topological polar surface area (TPSA) is 38.7 Å². The number of fused-ring (bicyclic) bond motifs is 3. The maximum Gasteiger partial charge on any atom is 0.0146 e. The maximum absolute atomic E-state index is 4.69. The van der Waals surface area contributed by atoms with Crippen molar-refractivity contribution in [1.29, 1.82) is 0 Å². The number of aryl methyl sites for hydroxylation is 6. The van der Waals surface area contributed by atoms with Gasteiger partial charge in [-0.25, -0.2) is 0 Å². The fourth-order valence-corrected chi connectivity index (χ4v) is 6.33. The first-order valence-corrected chi connectivity index (χ1v) is 18.3. The van der Waals surface area contributed by atoms with E-state index in [1.807, 2.05) is 18.2 Å². The van der Waals surface area contributed by atoms with E-state index in [4.69, 9.17) is 15.0 Å². The fourth-order valence-electron chi connectivity index (χ4n) is 6.33. The summed E-state index contributed by atoms with van der Waals surface area (Å²) in [6, 6.07) is 59.8. The van der Waals surface area contributed by atoms with Crippen LogP contribution < -0.4 is 0 Å². The Balaban J connectivity index is 0.000000139. The molecule has 0 amide bonds. The van der Waals surface area contributed by atoms with Crippen LogP contribution in [0.3, 0.4) is 0 Å². The Labute approximate surface area is 338 Å². The number of rotatable bonds is 3. The van der Waals surface area contributed by atoms with Crippen LogP contribution in [0, 0.1) is 59.7 Å². The largest absolute Gasteiger partial charge is 0.288 e. The van der Waals surface area contributed by atoms with E-state index in [0.717, 1.165) is 66.5 Å². The molecule has 0 unspecified atom stereocenters. The molecular weight excluding hydrogens is 847 g/mol. The molecule has 6 aromatic carbocycles. The Morgan fingerprint density at radius 1 is 0.327 bits per heavy atom. The van der Waals surface area contributed by atoms with Gasteiger partial charge in [-0.2, -0.15) is 36.4 Å². The smallest absolute Gasteiger partial charge is 0.0146 e. The van der Waals surface area contributed by atoms with E-state index >= 15 is 0 Å². The predicted octanol–water partition coefficient (Wildman–Crippen LogP) is 13.0. The van der Waals surface area contributed by atoms with Crippen LogP contribution in [0.15, 0.2) is 146 Å². The van der Waals surface area contributed by atoms with Gasteiger partial charge in [0.05, 0.1) is 0 Å². The Bertz CT molecular complexity index is 2450. The van der Waals surface area contributed by atoms with E-state index in [9.17, 15) is 0 Å². The van der Waals surface area contributed by atoms with Crippen molar-refractivity contribution in [3.63, 3.8) is 0 Å². The van der Waals surface area contributed by atoms with Gasteiger partial charge < -0.3 is 0 Å². The summed E-state index contributed by atoms with van der Waals surface area (Å²) in [6.07, 6.45) is 0. The quantitative estimate of drug-likeness (QED) is 0.166. The van der Waals surface area contributed by atoms with E-state index < -0.39 is 0 Å². The summed E-state index contributed by atoms with van der Waals surface area (Å²) in [6.45, 7) is 12.5. The van der Waals surface area contributed by atoms with Gasteiger partial charge >= 0.3 is 0 Å².